The summed E-state index contributed by atoms with van der Waals surface area (Å²) in [5.74, 6) is 0.408. The number of hydrogen-bond acceptors (Lipinski definition) is 3. The largest absolute Gasteiger partial charge is 0.307 e. The fourth-order valence-electron chi connectivity index (χ4n) is 1.50. The molecule has 0 radical (unpaired) electrons. The molecule has 2 heterocycles. The Morgan fingerprint density at radius 2 is 2.44 bits per heavy atom. The minimum absolute atomic E-state index is 0.172. The molecule has 84 valence electrons. The molecule has 0 aliphatic carbocycles. The van der Waals surface area contributed by atoms with Crippen LogP contribution in [0.1, 0.15) is 23.0 Å². The number of nitrogens with zero attached hydrogens (tertiary/aromatic N) is 3. The van der Waals surface area contributed by atoms with E-state index in [1.54, 1.807) is 30.2 Å². The summed E-state index contributed by atoms with van der Waals surface area (Å²) in [6.07, 6.45) is 4.02. The van der Waals surface area contributed by atoms with Gasteiger partial charge in [-0.15, -0.1) is 0 Å². The van der Waals surface area contributed by atoms with Gasteiger partial charge in [0.1, 0.15) is 5.82 Å². The van der Waals surface area contributed by atoms with E-state index in [0.29, 0.717) is 11.4 Å². The van der Waals surface area contributed by atoms with Crippen molar-refractivity contribution in [3.63, 3.8) is 0 Å². The molecule has 0 saturated heterocycles. The lowest BCUT2D eigenvalue weighted by molar-refractivity contribution is 0.102. The molecule has 6 heteroatoms. The van der Waals surface area contributed by atoms with Crippen molar-refractivity contribution in [3.05, 3.63) is 29.7 Å². The zero-order chi connectivity index (χ0) is 11.5. The molecule has 2 N–H and O–H groups in total. The number of H-pyrrole nitrogens is 1. The lowest BCUT2D eigenvalue weighted by Crippen LogP contribution is -2.13. The van der Waals surface area contributed by atoms with E-state index in [2.05, 4.69) is 20.6 Å². The second-order valence-electron chi connectivity index (χ2n) is 3.44. The maximum absolute atomic E-state index is 11.9. The van der Waals surface area contributed by atoms with Crippen molar-refractivity contribution in [2.24, 2.45) is 7.05 Å². The van der Waals surface area contributed by atoms with Gasteiger partial charge in [-0.25, -0.2) is 0 Å². The van der Waals surface area contributed by atoms with Crippen LogP contribution < -0.4 is 5.32 Å². The van der Waals surface area contributed by atoms with Crippen molar-refractivity contribution in [3.8, 4) is 0 Å². The first-order valence-electron chi connectivity index (χ1n) is 5.04. The Bertz CT molecular complexity index is 485. The SMILES string of the molecule is CCc1nn(C)cc1C(=O)Nc1ccn[nH]1. The zero-order valence-corrected chi connectivity index (χ0v) is 9.19. The minimum Gasteiger partial charge on any atom is -0.307 e. The number of amides is 1. The molecule has 2 aromatic rings. The lowest BCUT2D eigenvalue weighted by atomic mass is 10.2. The van der Waals surface area contributed by atoms with E-state index < -0.39 is 0 Å². The Labute approximate surface area is 92.7 Å². The lowest BCUT2D eigenvalue weighted by Gasteiger charge is -2.00. The van der Waals surface area contributed by atoms with Crippen LogP contribution in [0, 0.1) is 0 Å². The zero-order valence-electron chi connectivity index (χ0n) is 9.19. The molecule has 0 saturated carbocycles. The first-order valence-corrected chi connectivity index (χ1v) is 5.04. The van der Waals surface area contributed by atoms with E-state index in [1.807, 2.05) is 6.92 Å². The van der Waals surface area contributed by atoms with Crippen LogP contribution in [0.4, 0.5) is 5.82 Å². The molecule has 2 aromatic heterocycles. The first kappa shape index (κ1) is 10.4. The molecule has 0 fully saturated rings. The highest BCUT2D eigenvalue weighted by Crippen LogP contribution is 2.10. The fourth-order valence-corrected chi connectivity index (χ4v) is 1.50. The maximum Gasteiger partial charge on any atom is 0.260 e. The quantitative estimate of drug-likeness (QED) is 0.807. The van der Waals surface area contributed by atoms with Crippen LogP contribution in [0.15, 0.2) is 18.5 Å². The summed E-state index contributed by atoms with van der Waals surface area (Å²) in [5.41, 5.74) is 1.39. The smallest absolute Gasteiger partial charge is 0.260 e. The number of nitrogens with one attached hydrogen (secondary N) is 2. The third-order valence-electron chi connectivity index (χ3n) is 2.23. The van der Waals surface area contributed by atoms with Gasteiger partial charge in [-0.3, -0.25) is 14.6 Å². The third kappa shape index (κ3) is 1.95. The van der Waals surface area contributed by atoms with Gasteiger partial charge >= 0.3 is 0 Å². The van der Waals surface area contributed by atoms with Gasteiger partial charge in [-0.1, -0.05) is 6.92 Å². The monoisotopic (exact) mass is 219 g/mol. The highest BCUT2D eigenvalue weighted by Gasteiger charge is 2.14. The molecule has 0 aromatic carbocycles. The second-order valence-corrected chi connectivity index (χ2v) is 3.44. The van der Waals surface area contributed by atoms with E-state index in [1.165, 1.54) is 0 Å². The summed E-state index contributed by atoms with van der Waals surface area (Å²) in [5, 5.41) is 13.4. The third-order valence-corrected chi connectivity index (χ3v) is 2.23. The van der Waals surface area contributed by atoms with E-state index in [9.17, 15) is 4.79 Å². The van der Waals surface area contributed by atoms with Crippen LogP contribution >= 0.6 is 0 Å². The number of aromatic nitrogens is 4. The average molecular weight is 219 g/mol. The second kappa shape index (κ2) is 4.18. The van der Waals surface area contributed by atoms with Crippen LogP contribution in [-0.2, 0) is 13.5 Å². The van der Waals surface area contributed by atoms with Crippen LogP contribution in [0.5, 0.6) is 0 Å². The molecule has 6 nitrogen and oxygen atoms in total. The van der Waals surface area contributed by atoms with Crippen molar-refractivity contribution < 1.29 is 4.79 Å². The number of rotatable bonds is 3. The average Bonchev–Trinajstić information content (AvgIpc) is 2.86. The summed E-state index contributed by atoms with van der Waals surface area (Å²) >= 11 is 0. The molecule has 0 bridgehead atoms. The van der Waals surface area contributed by atoms with Crippen molar-refractivity contribution in [1.82, 2.24) is 20.0 Å². The molecule has 0 aliphatic rings. The molecule has 1 amide bonds. The van der Waals surface area contributed by atoms with E-state index in [-0.39, 0.29) is 5.91 Å². The maximum atomic E-state index is 11.9. The number of aromatic amines is 1. The van der Waals surface area contributed by atoms with E-state index in [0.717, 1.165) is 12.1 Å². The van der Waals surface area contributed by atoms with Gasteiger partial charge in [0.05, 0.1) is 17.5 Å². The first-order chi connectivity index (χ1) is 7.70. The predicted molar refractivity (Wildman–Crippen MR) is 59.1 cm³/mol. The summed E-state index contributed by atoms with van der Waals surface area (Å²) in [7, 11) is 1.80. The molecular weight excluding hydrogens is 206 g/mol. The number of hydrogen-bond donors (Lipinski definition) is 2. The Kier molecular flexibility index (Phi) is 2.72. The van der Waals surface area contributed by atoms with Crippen LogP contribution in [0.2, 0.25) is 0 Å². The highest BCUT2D eigenvalue weighted by atomic mass is 16.1. The summed E-state index contributed by atoms with van der Waals surface area (Å²) in [4.78, 5) is 11.9. The minimum atomic E-state index is -0.172. The Morgan fingerprint density at radius 1 is 1.62 bits per heavy atom. The molecule has 0 aliphatic heterocycles. The molecule has 0 atom stereocenters. The van der Waals surface area contributed by atoms with Crippen LogP contribution in [0.25, 0.3) is 0 Å². The van der Waals surface area contributed by atoms with Gasteiger partial charge in [0.15, 0.2) is 0 Å². The van der Waals surface area contributed by atoms with Gasteiger partial charge in [-0.2, -0.15) is 10.2 Å². The van der Waals surface area contributed by atoms with E-state index in [4.69, 9.17) is 0 Å². The summed E-state index contributed by atoms with van der Waals surface area (Å²) < 4.78 is 1.64. The van der Waals surface area contributed by atoms with Gasteiger partial charge in [-0.05, 0) is 6.42 Å². The Morgan fingerprint density at radius 3 is 3.06 bits per heavy atom. The van der Waals surface area contributed by atoms with Gasteiger partial charge in [0.25, 0.3) is 5.91 Å². The van der Waals surface area contributed by atoms with Gasteiger partial charge < -0.3 is 5.32 Å². The van der Waals surface area contributed by atoms with Crippen LogP contribution in [-0.4, -0.2) is 25.9 Å². The Balaban J connectivity index is 2.20. The molecular formula is C10H13N5O. The normalized spacial score (nSPS) is 10.4. The molecule has 2 rings (SSSR count). The van der Waals surface area contributed by atoms with Gasteiger partial charge in [0, 0.05) is 19.3 Å². The van der Waals surface area contributed by atoms with Crippen molar-refractivity contribution >= 4 is 11.7 Å². The van der Waals surface area contributed by atoms with Crippen molar-refractivity contribution in [2.75, 3.05) is 5.32 Å². The van der Waals surface area contributed by atoms with Crippen molar-refractivity contribution in [2.45, 2.75) is 13.3 Å². The molecule has 0 unspecified atom stereocenters. The number of carbonyl (C=O) groups is 1. The Hall–Kier alpha value is -2.11. The fraction of sp³-hybridized carbons (Fsp3) is 0.300. The number of aryl methyl sites for hydroxylation is 2. The number of anilines is 1. The van der Waals surface area contributed by atoms with Crippen molar-refractivity contribution in [1.29, 1.82) is 0 Å². The summed E-state index contributed by atoms with van der Waals surface area (Å²) in [6.45, 7) is 1.97. The van der Waals surface area contributed by atoms with Gasteiger partial charge in [0.2, 0.25) is 0 Å². The number of carbonyl (C=O) groups excluding carboxylic acids is 1. The molecule has 16 heavy (non-hydrogen) atoms. The topological polar surface area (TPSA) is 75.6 Å². The van der Waals surface area contributed by atoms with E-state index >= 15 is 0 Å². The highest BCUT2D eigenvalue weighted by molar-refractivity contribution is 6.04. The van der Waals surface area contributed by atoms with Crippen LogP contribution in [0.3, 0.4) is 0 Å². The standard InChI is InChI=1S/C10H13N5O/c1-3-8-7(6-15(2)14-8)10(16)12-9-4-5-11-13-9/h4-6H,3H2,1-2H3,(H2,11,12,13,16). The predicted octanol–water partition coefficient (Wildman–Crippen LogP) is 0.958. The summed E-state index contributed by atoms with van der Waals surface area (Å²) in [6, 6.07) is 1.69. The molecule has 0 spiro atoms.